The molecular weight excluding hydrogens is 354 g/mol. The number of aromatic hydroxyl groups is 1. The zero-order chi connectivity index (χ0) is 20.1. The minimum absolute atomic E-state index is 0.0533. The number of nitro groups is 1. The number of pyridine rings is 1. The third kappa shape index (κ3) is 3.85. The average molecular weight is 369 g/mol. The maximum Gasteiger partial charge on any atom is 0.271 e. The summed E-state index contributed by atoms with van der Waals surface area (Å²) < 4.78 is 6.17. The highest BCUT2D eigenvalue weighted by molar-refractivity contribution is 6.01. The summed E-state index contributed by atoms with van der Waals surface area (Å²) >= 11 is 0. The first-order chi connectivity index (χ1) is 12.8. The highest BCUT2D eigenvalue weighted by Gasteiger charge is 2.23. The third-order valence-electron chi connectivity index (χ3n) is 3.81. The number of hydrogen-bond acceptors (Lipinski definition) is 7. The molecule has 27 heavy (non-hydrogen) atoms. The molecule has 0 amide bonds. The molecule has 0 saturated heterocycles. The minimum Gasteiger partial charge on any atom is -0.494 e. The first-order valence-electron chi connectivity index (χ1n) is 7.69. The van der Waals surface area contributed by atoms with Crippen LogP contribution in [0.5, 0.6) is 11.6 Å². The predicted octanol–water partition coefficient (Wildman–Crippen LogP) is 2.09. The molecule has 1 aromatic carbocycles. The highest BCUT2D eigenvalue weighted by Crippen LogP contribution is 2.23. The Kier molecular flexibility index (Phi) is 5.72. The van der Waals surface area contributed by atoms with E-state index in [1.807, 2.05) is 0 Å². The van der Waals surface area contributed by atoms with Gasteiger partial charge < -0.3 is 9.84 Å². The van der Waals surface area contributed by atoms with Gasteiger partial charge >= 0.3 is 0 Å². The maximum absolute atomic E-state index is 12.5. The zero-order valence-electron chi connectivity index (χ0n) is 14.3. The summed E-state index contributed by atoms with van der Waals surface area (Å²) in [6.45, 7) is 4.28. The van der Waals surface area contributed by atoms with Crippen molar-refractivity contribution in [2.24, 2.45) is 0 Å². The first-order valence-corrected chi connectivity index (χ1v) is 7.69. The Morgan fingerprint density at radius 2 is 2.07 bits per heavy atom. The van der Waals surface area contributed by atoms with E-state index in [2.05, 4.69) is 6.58 Å². The van der Waals surface area contributed by atoms with Gasteiger partial charge in [0.05, 0.1) is 10.5 Å². The lowest BCUT2D eigenvalue weighted by Gasteiger charge is -2.14. The molecule has 138 valence electrons. The van der Waals surface area contributed by atoms with Crippen molar-refractivity contribution in [1.82, 2.24) is 4.57 Å². The molecule has 0 unspecified atom stereocenters. The Morgan fingerprint density at radius 3 is 2.59 bits per heavy atom. The van der Waals surface area contributed by atoms with E-state index in [-0.39, 0.29) is 34.7 Å². The Bertz CT molecular complexity index is 1020. The van der Waals surface area contributed by atoms with Gasteiger partial charge in [0.1, 0.15) is 17.4 Å². The number of ketones is 1. The number of ether oxygens (including phenoxy) is 1. The van der Waals surface area contributed by atoms with Gasteiger partial charge in [0.25, 0.3) is 11.2 Å². The molecule has 1 N–H and O–H groups in total. The van der Waals surface area contributed by atoms with Gasteiger partial charge in [-0.3, -0.25) is 24.3 Å². The molecule has 0 radical (unpaired) electrons. The number of Topliss-reactive ketones (excluding diaryl/α,β-unsaturated/α-hetero) is 1. The largest absolute Gasteiger partial charge is 0.494 e. The van der Waals surface area contributed by atoms with Crippen LogP contribution in [0, 0.1) is 28.4 Å². The number of aromatic nitrogens is 1. The lowest BCUT2D eigenvalue weighted by Crippen LogP contribution is -2.27. The molecule has 0 bridgehead atoms. The number of allylic oxidation sites excluding steroid dienone is 1. The second-order valence-corrected chi connectivity index (χ2v) is 5.48. The van der Waals surface area contributed by atoms with Crippen LogP contribution in [-0.2, 0) is 6.54 Å². The van der Waals surface area contributed by atoms with Crippen LogP contribution >= 0.6 is 0 Å². The molecule has 0 aliphatic heterocycles. The van der Waals surface area contributed by atoms with Gasteiger partial charge in [0.15, 0.2) is 6.61 Å². The molecular formula is C18H15N3O6. The Balaban J connectivity index is 2.34. The zero-order valence-corrected chi connectivity index (χ0v) is 14.3. The van der Waals surface area contributed by atoms with Crippen molar-refractivity contribution in [1.29, 1.82) is 5.26 Å². The molecule has 0 fully saturated rings. The summed E-state index contributed by atoms with van der Waals surface area (Å²) in [5, 5.41) is 30.2. The standard InChI is InChI=1S/C18H15N3O6/c1-3-8-20-17(23)14(9-19)11(2)16(18(20)24)15(22)10-27-13-6-4-12(5-7-13)21(25)26/h3-7,24H,1,8,10H2,2H3. The van der Waals surface area contributed by atoms with E-state index in [1.54, 1.807) is 6.07 Å². The topological polar surface area (TPSA) is 135 Å². The number of carbonyl (C=O) groups is 1. The van der Waals surface area contributed by atoms with Crippen LogP contribution in [0.15, 0.2) is 41.7 Å². The lowest BCUT2D eigenvalue weighted by atomic mass is 10.0. The van der Waals surface area contributed by atoms with E-state index in [1.165, 1.54) is 37.3 Å². The fourth-order valence-corrected chi connectivity index (χ4v) is 2.47. The smallest absolute Gasteiger partial charge is 0.271 e. The minimum atomic E-state index is -0.722. The second-order valence-electron chi connectivity index (χ2n) is 5.48. The van der Waals surface area contributed by atoms with Crippen molar-refractivity contribution in [2.45, 2.75) is 13.5 Å². The van der Waals surface area contributed by atoms with E-state index in [9.17, 15) is 30.1 Å². The number of rotatable bonds is 7. The van der Waals surface area contributed by atoms with Gasteiger partial charge in [-0.1, -0.05) is 6.08 Å². The summed E-state index contributed by atoms with van der Waals surface area (Å²) in [7, 11) is 0. The number of nitro benzene ring substituents is 1. The quantitative estimate of drug-likeness (QED) is 0.341. The summed E-state index contributed by atoms with van der Waals surface area (Å²) in [6.07, 6.45) is 1.35. The van der Waals surface area contributed by atoms with E-state index < -0.39 is 28.8 Å². The van der Waals surface area contributed by atoms with Gasteiger partial charge in [-0.25, -0.2) is 0 Å². The third-order valence-corrected chi connectivity index (χ3v) is 3.81. The van der Waals surface area contributed by atoms with Crippen molar-refractivity contribution in [3.8, 4) is 17.7 Å². The van der Waals surface area contributed by atoms with Crippen molar-refractivity contribution in [3.05, 3.63) is 74.1 Å². The number of carbonyl (C=O) groups excluding carboxylic acids is 1. The van der Waals surface area contributed by atoms with Crippen molar-refractivity contribution in [3.63, 3.8) is 0 Å². The fourth-order valence-electron chi connectivity index (χ4n) is 2.47. The number of nitrogens with zero attached hydrogens (tertiary/aromatic N) is 3. The number of non-ortho nitro benzene ring substituents is 1. The molecule has 9 heteroatoms. The summed E-state index contributed by atoms with van der Waals surface area (Å²) in [6, 6.07) is 6.85. The van der Waals surface area contributed by atoms with E-state index in [4.69, 9.17) is 4.74 Å². The van der Waals surface area contributed by atoms with Gasteiger partial charge in [-0.2, -0.15) is 5.26 Å². The SMILES string of the molecule is C=CCn1c(O)c(C(=O)COc2ccc([N+](=O)[O-])cc2)c(C)c(C#N)c1=O. The van der Waals surface area contributed by atoms with Crippen LogP contribution in [0.4, 0.5) is 5.69 Å². The second kappa shape index (κ2) is 7.97. The van der Waals surface area contributed by atoms with E-state index >= 15 is 0 Å². The predicted molar refractivity (Wildman–Crippen MR) is 94.9 cm³/mol. The van der Waals surface area contributed by atoms with Crippen molar-refractivity contribution < 1.29 is 19.6 Å². The molecule has 0 aliphatic carbocycles. The fraction of sp³-hybridized carbons (Fsp3) is 0.167. The summed E-state index contributed by atoms with van der Waals surface area (Å²) in [4.78, 5) is 34.8. The maximum atomic E-state index is 12.5. The molecule has 1 heterocycles. The molecule has 1 aromatic heterocycles. The van der Waals surface area contributed by atoms with Crippen LogP contribution in [-0.4, -0.2) is 27.0 Å². The van der Waals surface area contributed by atoms with Crippen molar-refractivity contribution in [2.75, 3.05) is 6.61 Å². The molecule has 0 saturated carbocycles. The Hall–Kier alpha value is -3.93. The van der Waals surface area contributed by atoms with Crippen molar-refractivity contribution >= 4 is 11.5 Å². The van der Waals surface area contributed by atoms with E-state index in [0.717, 1.165) is 4.57 Å². The van der Waals surface area contributed by atoms with Crippen LogP contribution in [0.1, 0.15) is 21.5 Å². The van der Waals surface area contributed by atoms with E-state index in [0.29, 0.717) is 0 Å². The first kappa shape index (κ1) is 19.4. The summed E-state index contributed by atoms with van der Waals surface area (Å²) in [5.74, 6) is -1.02. The lowest BCUT2D eigenvalue weighted by molar-refractivity contribution is -0.384. The van der Waals surface area contributed by atoms with Crippen LogP contribution in [0.3, 0.4) is 0 Å². The molecule has 0 aliphatic rings. The average Bonchev–Trinajstić information content (AvgIpc) is 2.64. The molecule has 9 nitrogen and oxygen atoms in total. The molecule has 0 atom stereocenters. The Morgan fingerprint density at radius 1 is 1.44 bits per heavy atom. The molecule has 2 aromatic rings. The van der Waals surface area contributed by atoms with Gasteiger partial charge in [-0.15, -0.1) is 6.58 Å². The highest BCUT2D eigenvalue weighted by atomic mass is 16.6. The molecule has 0 spiro atoms. The monoisotopic (exact) mass is 369 g/mol. The van der Waals surface area contributed by atoms with Gasteiger partial charge in [-0.05, 0) is 24.6 Å². The van der Waals surface area contributed by atoms with Gasteiger partial charge in [0.2, 0.25) is 11.7 Å². The van der Waals surface area contributed by atoms with Crippen LogP contribution in [0.25, 0.3) is 0 Å². The normalized spacial score (nSPS) is 10.1. The molecule has 2 rings (SSSR count). The van der Waals surface area contributed by atoms with Gasteiger partial charge in [0, 0.05) is 18.7 Å². The number of benzene rings is 1. The summed E-state index contributed by atoms with van der Waals surface area (Å²) in [5.41, 5.74) is -1.25. The number of nitriles is 1. The van der Waals surface area contributed by atoms with Crippen LogP contribution < -0.4 is 10.3 Å². The Labute approximate surface area is 153 Å². The van der Waals surface area contributed by atoms with Crippen LogP contribution in [0.2, 0.25) is 0 Å². The number of hydrogen-bond donors (Lipinski definition) is 1.